The van der Waals surface area contributed by atoms with E-state index in [1.54, 1.807) is 11.0 Å². The summed E-state index contributed by atoms with van der Waals surface area (Å²) in [4.78, 5) is 4.00. The summed E-state index contributed by atoms with van der Waals surface area (Å²) in [6.07, 6.45) is 8.20. The fourth-order valence-electron chi connectivity index (χ4n) is 4.21. The largest absolute Gasteiger partial charge is 0.445 e. The number of aromatic nitrogens is 3. The number of nitriles is 1. The van der Waals surface area contributed by atoms with Gasteiger partial charge in [-0.1, -0.05) is 25.1 Å². The van der Waals surface area contributed by atoms with E-state index in [1.165, 1.54) is 6.33 Å². The molecule has 2 aliphatic rings. The topological polar surface area (TPSA) is 99.0 Å². The van der Waals surface area contributed by atoms with Crippen molar-refractivity contribution in [3.05, 3.63) is 76.9 Å². The molecule has 1 saturated heterocycles. The van der Waals surface area contributed by atoms with Crippen LogP contribution in [0.25, 0.3) is 5.69 Å². The van der Waals surface area contributed by atoms with Gasteiger partial charge < -0.3 is 15.2 Å². The zero-order valence-electron chi connectivity index (χ0n) is 17.2. The Hall–Kier alpha value is -3.37. The van der Waals surface area contributed by atoms with Crippen molar-refractivity contribution in [3.8, 4) is 11.8 Å². The van der Waals surface area contributed by atoms with Gasteiger partial charge in [0.1, 0.15) is 30.1 Å². The maximum absolute atomic E-state index is 9.92. The minimum absolute atomic E-state index is 0.00897. The molecule has 7 nitrogen and oxygen atoms in total. The van der Waals surface area contributed by atoms with Gasteiger partial charge in [0.25, 0.3) is 0 Å². The minimum atomic E-state index is -0.310. The summed E-state index contributed by atoms with van der Waals surface area (Å²) in [5.74, 6) is 0.565. The van der Waals surface area contributed by atoms with Gasteiger partial charge in [0.05, 0.1) is 17.7 Å². The third-order valence-electron chi connectivity index (χ3n) is 5.53. The summed E-state index contributed by atoms with van der Waals surface area (Å²) >= 11 is 0. The van der Waals surface area contributed by atoms with Crippen LogP contribution in [0.3, 0.4) is 0 Å². The Bertz CT molecular complexity index is 1040. The first kappa shape index (κ1) is 19.9. The lowest BCUT2D eigenvalue weighted by Gasteiger charge is -2.31. The molecule has 1 aromatic carbocycles. The number of hydrogen-bond donors (Lipinski definition) is 1. The lowest BCUT2D eigenvalue weighted by molar-refractivity contribution is 0.136. The van der Waals surface area contributed by atoms with Gasteiger partial charge in [0, 0.05) is 12.2 Å². The highest BCUT2D eigenvalue weighted by Crippen LogP contribution is 2.44. The van der Waals surface area contributed by atoms with Crippen LogP contribution in [0.5, 0.6) is 0 Å². The van der Waals surface area contributed by atoms with Crippen molar-refractivity contribution in [3.63, 3.8) is 0 Å². The molecule has 0 spiro atoms. The first-order valence-electron chi connectivity index (χ1n) is 10.2. The van der Waals surface area contributed by atoms with Crippen LogP contribution >= 0.6 is 0 Å². The molecule has 2 unspecified atom stereocenters. The highest BCUT2D eigenvalue weighted by atomic mass is 16.5. The van der Waals surface area contributed by atoms with Gasteiger partial charge in [0.15, 0.2) is 0 Å². The normalized spacial score (nSPS) is 22.2. The molecule has 30 heavy (non-hydrogen) atoms. The smallest absolute Gasteiger partial charge is 0.205 e. The molecule has 2 N–H and O–H groups in total. The van der Waals surface area contributed by atoms with Crippen molar-refractivity contribution in [2.24, 2.45) is 5.73 Å². The first-order chi connectivity index (χ1) is 14.6. The molecule has 1 fully saturated rings. The zero-order valence-corrected chi connectivity index (χ0v) is 17.2. The zero-order chi connectivity index (χ0) is 21.1. The molecule has 0 bridgehead atoms. The lowest BCUT2D eigenvalue weighted by Crippen LogP contribution is -2.24. The summed E-state index contributed by atoms with van der Waals surface area (Å²) < 4.78 is 13.5. The van der Waals surface area contributed by atoms with Crippen molar-refractivity contribution < 1.29 is 9.47 Å². The maximum atomic E-state index is 9.92. The van der Waals surface area contributed by atoms with Crippen LogP contribution in [-0.4, -0.2) is 27.5 Å². The molecule has 3 heterocycles. The van der Waals surface area contributed by atoms with E-state index in [4.69, 9.17) is 15.2 Å². The van der Waals surface area contributed by atoms with Crippen LogP contribution in [0.2, 0.25) is 0 Å². The fraction of sp³-hybridized carbons (Fsp3) is 0.348. The number of nitrogens with two attached hydrogens (primary N) is 1. The van der Waals surface area contributed by atoms with E-state index in [9.17, 15) is 5.26 Å². The molecule has 7 heteroatoms. The number of nitrogens with zero attached hydrogens (tertiary/aromatic N) is 4. The third kappa shape index (κ3) is 3.62. The second-order valence-electron chi connectivity index (χ2n) is 7.40. The summed E-state index contributed by atoms with van der Waals surface area (Å²) in [6.45, 7) is 4.76. The number of rotatable bonds is 5. The summed E-state index contributed by atoms with van der Waals surface area (Å²) in [5.41, 5.74) is 10.5. The van der Waals surface area contributed by atoms with Crippen LogP contribution in [0, 0.1) is 11.3 Å². The summed E-state index contributed by atoms with van der Waals surface area (Å²) in [7, 11) is 0. The molecule has 0 aliphatic carbocycles. The van der Waals surface area contributed by atoms with Gasteiger partial charge in [-0.25, -0.2) is 9.67 Å². The van der Waals surface area contributed by atoms with E-state index in [0.717, 1.165) is 48.3 Å². The van der Waals surface area contributed by atoms with Gasteiger partial charge in [-0.15, -0.1) is 0 Å². The van der Waals surface area contributed by atoms with E-state index < -0.39 is 0 Å². The molecule has 2 aromatic rings. The van der Waals surface area contributed by atoms with Crippen LogP contribution in [-0.2, 0) is 9.47 Å². The highest BCUT2D eigenvalue weighted by molar-refractivity contribution is 5.56. The Labute approximate surface area is 176 Å². The number of ether oxygens (including phenoxy) is 2. The van der Waals surface area contributed by atoms with E-state index >= 15 is 0 Å². The predicted octanol–water partition coefficient (Wildman–Crippen LogP) is 3.86. The standard InChI is InChI=1S/C23H25N5O2/c1-3-5-18(20-6-4-11-29-20)21-15(2)30-23(25)19(12-24)22(21)16-7-9-17(10-8-16)28-14-26-13-27-28/h5,7-10,13-14,20,22H,3-4,6,11,25H2,1-2H3/b18-5+. The van der Waals surface area contributed by atoms with Crippen molar-refractivity contribution in [1.82, 2.24) is 14.8 Å². The van der Waals surface area contributed by atoms with Crippen molar-refractivity contribution in [2.45, 2.75) is 45.1 Å². The van der Waals surface area contributed by atoms with Crippen LogP contribution in [0.15, 0.2) is 71.4 Å². The average molecular weight is 403 g/mol. The van der Waals surface area contributed by atoms with Gasteiger partial charge in [-0.05, 0) is 49.5 Å². The number of benzene rings is 1. The second kappa shape index (κ2) is 8.56. The molecule has 2 atom stereocenters. The quantitative estimate of drug-likeness (QED) is 0.814. The van der Waals surface area contributed by atoms with E-state index in [-0.39, 0.29) is 17.9 Å². The lowest BCUT2D eigenvalue weighted by atomic mass is 9.77. The highest BCUT2D eigenvalue weighted by Gasteiger charge is 2.36. The number of hydrogen-bond acceptors (Lipinski definition) is 6. The van der Waals surface area contributed by atoms with E-state index in [1.807, 2.05) is 31.2 Å². The molecule has 0 radical (unpaired) electrons. The van der Waals surface area contributed by atoms with Crippen molar-refractivity contribution in [1.29, 1.82) is 5.26 Å². The van der Waals surface area contributed by atoms with Gasteiger partial charge in [-0.3, -0.25) is 0 Å². The average Bonchev–Trinajstić information content (AvgIpc) is 3.46. The Morgan fingerprint density at radius 3 is 2.77 bits per heavy atom. The monoisotopic (exact) mass is 403 g/mol. The summed E-state index contributed by atoms with van der Waals surface area (Å²) in [5, 5.41) is 14.1. The molecule has 154 valence electrons. The van der Waals surface area contributed by atoms with Crippen LogP contribution in [0.4, 0.5) is 0 Å². The first-order valence-corrected chi connectivity index (χ1v) is 10.2. The Balaban J connectivity index is 1.81. The molecule has 1 aromatic heterocycles. The minimum Gasteiger partial charge on any atom is -0.445 e. The SMILES string of the molecule is CC/C=C(/C1=C(C)OC(N)=C(C#N)C1c1ccc(-n2cncn2)cc1)C1CCCO1. The Kier molecular flexibility index (Phi) is 5.68. The van der Waals surface area contributed by atoms with Crippen LogP contribution < -0.4 is 5.73 Å². The van der Waals surface area contributed by atoms with Crippen molar-refractivity contribution >= 4 is 0 Å². The number of allylic oxidation sites excluding steroid dienone is 3. The van der Waals surface area contributed by atoms with E-state index in [2.05, 4.69) is 29.2 Å². The molecule has 0 saturated carbocycles. The predicted molar refractivity (Wildman–Crippen MR) is 112 cm³/mol. The fourth-order valence-corrected chi connectivity index (χ4v) is 4.21. The van der Waals surface area contributed by atoms with Crippen molar-refractivity contribution in [2.75, 3.05) is 6.61 Å². The maximum Gasteiger partial charge on any atom is 0.205 e. The molecule has 4 rings (SSSR count). The molecule has 2 aliphatic heterocycles. The summed E-state index contributed by atoms with van der Waals surface area (Å²) in [6, 6.07) is 10.2. The van der Waals surface area contributed by atoms with Gasteiger partial charge in [-0.2, -0.15) is 10.4 Å². The third-order valence-corrected chi connectivity index (χ3v) is 5.53. The van der Waals surface area contributed by atoms with Gasteiger partial charge in [0.2, 0.25) is 5.88 Å². The second-order valence-corrected chi connectivity index (χ2v) is 7.40. The Morgan fingerprint density at radius 1 is 1.37 bits per heavy atom. The van der Waals surface area contributed by atoms with Crippen LogP contribution in [0.1, 0.15) is 44.6 Å². The van der Waals surface area contributed by atoms with Gasteiger partial charge >= 0.3 is 0 Å². The molecule has 0 amide bonds. The Morgan fingerprint density at radius 2 is 2.17 bits per heavy atom. The molecular weight excluding hydrogens is 378 g/mol. The van der Waals surface area contributed by atoms with E-state index in [0.29, 0.717) is 11.3 Å². The molecular formula is C23H25N5O2.